The molecular formula is C12H10Br3N. The first-order chi connectivity index (χ1) is 7.24. The van der Waals surface area contributed by atoms with Crippen molar-refractivity contribution in [3.05, 3.63) is 63.3 Å². The van der Waals surface area contributed by atoms with Crippen molar-refractivity contribution in [2.75, 3.05) is 0 Å². The number of pyridine rings is 1. The third-order valence-corrected chi connectivity index (χ3v) is 2.98. The Bertz CT molecular complexity index is 437. The van der Waals surface area contributed by atoms with E-state index in [9.17, 15) is 0 Å². The Morgan fingerprint density at radius 3 is 2.00 bits per heavy atom. The molecule has 0 spiro atoms. The van der Waals surface area contributed by atoms with Crippen molar-refractivity contribution >= 4 is 31.9 Å². The van der Waals surface area contributed by atoms with Crippen LogP contribution in [0.3, 0.4) is 0 Å². The Hall–Kier alpha value is -0.190. The SMILES string of the molecule is Brc1cc(Br)cc(C[n+]2ccccc2)c1.[Br-]. The minimum Gasteiger partial charge on any atom is -1.00 e. The minimum absolute atomic E-state index is 0. The molecule has 1 nitrogen and oxygen atoms in total. The zero-order chi connectivity index (χ0) is 10.7. The zero-order valence-corrected chi connectivity index (χ0v) is 13.2. The maximum absolute atomic E-state index is 3.49. The van der Waals surface area contributed by atoms with Crippen LogP contribution in [0.4, 0.5) is 0 Å². The highest BCUT2D eigenvalue weighted by Gasteiger charge is 2.03. The van der Waals surface area contributed by atoms with Gasteiger partial charge < -0.3 is 17.0 Å². The Morgan fingerprint density at radius 1 is 0.875 bits per heavy atom. The molecule has 0 aliphatic rings. The predicted molar refractivity (Wildman–Crippen MR) is 67.6 cm³/mol. The number of rotatable bonds is 2. The Morgan fingerprint density at radius 2 is 1.44 bits per heavy atom. The van der Waals surface area contributed by atoms with Crippen LogP contribution in [0.15, 0.2) is 57.7 Å². The lowest BCUT2D eigenvalue weighted by atomic mass is 10.2. The van der Waals surface area contributed by atoms with Crippen LogP contribution >= 0.6 is 31.9 Å². The quantitative estimate of drug-likeness (QED) is 0.640. The second-order valence-electron chi connectivity index (χ2n) is 3.33. The van der Waals surface area contributed by atoms with E-state index < -0.39 is 0 Å². The first-order valence-corrected chi connectivity index (χ1v) is 6.22. The van der Waals surface area contributed by atoms with E-state index in [4.69, 9.17) is 0 Å². The Kier molecular flexibility index (Phi) is 5.66. The van der Waals surface area contributed by atoms with Crippen LogP contribution in [0.25, 0.3) is 0 Å². The van der Waals surface area contributed by atoms with Crippen molar-refractivity contribution in [1.82, 2.24) is 0 Å². The first kappa shape index (κ1) is 13.9. The van der Waals surface area contributed by atoms with Crippen molar-refractivity contribution in [3.8, 4) is 0 Å². The number of nitrogens with zero attached hydrogens (tertiary/aromatic N) is 1. The summed E-state index contributed by atoms with van der Waals surface area (Å²) in [5, 5.41) is 0. The summed E-state index contributed by atoms with van der Waals surface area (Å²) in [5.41, 5.74) is 1.27. The molecule has 2 rings (SSSR count). The lowest BCUT2D eigenvalue weighted by Gasteiger charge is -2.00. The molecular weight excluding hydrogens is 398 g/mol. The summed E-state index contributed by atoms with van der Waals surface area (Å²) in [5.74, 6) is 0. The van der Waals surface area contributed by atoms with Crippen LogP contribution in [0.2, 0.25) is 0 Å². The highest BCUT2D eigenvalue weighted by Crippen LogP contribution is 2.19. The van der Waals surface area contributed by atoms with Gasteiger partial charge in [-0.2, -0.15) is 0 Å². The average Bonchev–Trinajstić information content (AvgIpc) is 2.17. The van der Waals surface area contributed by atoms with E-state index in [1.54, 1.807) is 0 Å². The Labute approximate surface area is 123 Å². The molecule has 84 valence electrons. The van der Waals surface area contributed by atoms with E-state index in [1.807, 2.05) is 24.3 Å². The van der Waals surface area contributed by atoms with E-state index in [-0.39, 0.29) is 17.0 Å². The fourth-order valence-electron chi connectivity index (χ4n) is 1.45. The first-order valence-electron chi connectivity index (χ1n) is 4.63. The lowest BCUT2D eigenvalue weighted by Crippen LogP contribution is -3.00. The van der Waals surface area contributed by atoms with Crippen LogP contribution in [0.1, 0.15) is 5.56 Å². The summed E-state index contributed by atoms with van der Waals surface area (Å²) in [6.07, 6.45) is 4.13. The number of halogens is 3. The van der Waals surface area contributed by atoms with Crippen molar-refractivity contribution < 1.29 is 21.5 Å². The summed E-state index contributed by atoms with van der Waals surface area (Å²) in [6.45, 7) is 0.888. The van der Waals surface area contributed by atoms with Gasteiger partial charge in [-0.3, -0.25) is 0 Å². The molecule has 0 aliphatic carbocycles. The standard InChI is InChI=1S/C12H10Br2N.BrH/c13-11-6-10(7-12(14)8-11)9-15-4-2-1-3-5-15;/h1-8H,9H2;1H/q+1;/p-1. The van der Waals surface area contributed by atoms with Gasteiger partial charge in [0.1, 0.15) is 0 Å². The molecule has 0 fully saturated rings. The van der Waals surface area contributed by atoms with Gasteiger partial charge in [-0.1, -0.05) is 37.9 Å². The molecule has 1 heterocycles. The summed E-state index contributed by atoms with van der Waals surface area (Å²) < 4.78 is 4.35. The molecule has 4 heteroatoms. The predicted octanol–water partition coefficient (Wildman–Crippen LogP) is 0.551. The van der Waals surface area contributed by atoms with Crippen molar-refractivity contribution in [2.45, 2.75) is 6.54 Å². The van der Waals surface area contributed by atoms with E-state index in [0.717, 1.165) is 15.5 Å². The fourth-order valence-corrected chi connectivity index (χ4v) is 2.84. The molecule has 1 aromatic carbocycles. The molecule has 16 heavy (non-hydrogen) atoms. The van der Waals surface area contributed by atoms with Crippen molar-refractivity contribution in [1.29, 1.82) is 0 Å². The van der Waals surface area contributed by atoms with Gasteiger partial charge in [-0.15, -0.1) is 0 Å². The van der Waals surface area contributed by atoms with Gasteiger partial charge in [0.05, 0.1) is 0 Å². The molecule has 0 bridgehead atoms. The molecule has 0 aliphatic heterocycles. The van der Waals surface area contributed by atoms with E-state index >= 15 is 0 Å². The van der Waals surface area contributed by atoms with Crippen LogP contribution in [0.5, 0.6) is 0 Å². The smallest absolute Gasteiger partial charge is 0.173 e. The summed E-state index contributed by atoms with van der Waals surface area (Å²) in [7, 11) is 0. The average molecular weight is 408 g/mol. The molecule has 0 saturated carbocycles. The molecule has 1 aromatic heterocycles. The van der Waals surface area contributed by atoms with Crippen LogP contribution in [-0.2, 0) is 6.54 Å². The van der Waals surface area contributed by atoms with E-state index in [0.29, 0.717) is 0 Å². The van der Waals surface area contributed by atoms with Crippen LogP contribution in [0, 0.1) is 0 Å². The number of hydrogen-bond acceptors (Lipinski definition) is 0. The molecule has 0 atom stereocenters. The normalized spacial score (nSPS) is 9.62. The van der Waals surface area contributed by atoms with Crippen molar-refractivity contribution in [2.24, 2.45) is 0 Å². The highest BCUT2D eigenvalue weighted by molar-refractivity contribution is 9.11. The van der Waals surface area contributed by atoms with Gasteiger partial charge in [-0.25, -0.2) is 4.57 Å². The number of hydrogen-bond donors (Lipinski definition) is 0. The molecule has 2 aromatic rings. The van der Waals surface area contributed by atoms with Gasteiger partial charge in [0, 0.05) is 26.6 Å². The molecule has 0 radical (unpaired) electrons. The zero-order valence-electron chi connectivity index (χ0n) is 8.41. The molecule has 0 N–H and O–H groups in total. The third kappa shape index (κ3) is 4.00. The maximum atomic E-state index is 3.49. The summed E-state index contributed by atoms with van der Waals surface area (Å²) >= 11 is 6.97. The van der Waals surface area contributed by atoms with E-state index in [2.05, 4.69) is 61.0 Å². The number of aromatic nitrogens is 1. The summed E-state index contributed by atoms with van der Waals surface area (Å²) in [4.78, 5) is 0. The van der Waals surface area contributed by atoms with Crippen LogP contribution in [-0.4, -0.2) is 0 Å². The lowest BCUT2D eigenvalue weighted by molar-refractivity contribution is -0.688. The van der Waals surface area contributed by atoms with E-state index in [1.165, 1.54) is 5.56 Å². The van der Waals surface area contributed by atoms with Gasteiger partial charge in [0.2, 0.25) is 0 Å². The summed E-state index contributed by atoms with van der Waals surface area (Å²) in [6, 6.07) is 12.4. The van der Waals surface area contributed by atoms with Crippen LogP contribution < -0.4 is 21.5 Å². The van der Waals surface area contributed by atoms with Gasteiger partial charge in [-0.05, 0) is 18.2 Å². The second kappa shape index (κ2) is 6.52. The molecule has 0 saturated heterocycles. The second-order valence-corrected chi connectivity index (χ2v) is 5.16. The minimum atomic E-state index is 0. The largest absolute Gasteiger partial charge is 1.00 e. The van der Waals surface area contributed by atoms with Gasteiger partial charge >= 0.3 is 0 Å². The van der Waals surface area contributed by atoms with Gasteiger partial charge in [0.25, 0.3) is 0 Å². The third-order valence-electron chi connectivity index (χ3n) is 2.06. The number of benzene rings is 1. The maximum Gasteiger partial charge on any atom is 0.173 e. The van der Waals surface area contributed by atoms with Crippen molar-refractivity contribution in [3.63, 3.8) is 0 Å². The van der Waals surface area contributed by atoms with Gasteiger partial charge in [0.15, 0.2) is 18.9 Å². The fraction of sp³-hybridized carbons (Fsp3) is 0.0833. The highest BCUT2D eigenvalue weighted by atomic mass is 79.9. The molecule has 0 unspecified atom stereocenters. The monoisotopic (exact) mass is 405 g/mol. The molecule has 0 amide bonds. The Balaban J connectivity index is 0.00000128. The topological polar surface area (TPSA) is 3.88 Å².